The second-order valence-corrected chi connectivity index (χ2v) is 3.57. The zero-order valence-corrected chi connectivity index (χ0v) is 8.50. The fourth-order valence-electron chi connectivity index (χ4n) is 1.61. The lowest BCUT2D eigenvalue weighted by atomic mass is 10.0. The first-order valence-electron chi connectivity index (χ1n) is 4.79. The predicted molar refractivity (Wildman–Crippen MR) is 61.0 cm³/mol. The SMILES string of the molecule is Cc1cc(F)c(N)c(-c2ccccc2)c1. The van der Waals surface area contributed by atoms with Crippen LogP contribution in [0.1, 0.15) is 5.56 Å². The Balaban J connectivity index is 2.63. The van der Waals surface area contributed by atoms with Crippen LogP contribution in [0.3, 0.4) is 0 Å². The molecule has 0 radical (unpaired) electrons. The van der Waals surface area contributed by atoms with Crippen molar-refractivity contribution in [2.75, 3.05) is 5.73 Å². The van der Waals surface area contributed by atoms with Gasteiger partial charge in [0.05, 0.1) is 5.69 Å². The fourth-order valence-corrected chi connectivity index (χ4v) is 1.61. The first-order chi connectivity index (χ1) is 7.18. The molecule has 0 amide bonds. The number of anilines is 1. The van der Waals surface area contributed by atoms with Gasteiger partial charge in [0, 0.05) is 5.56 Å². The van der Waals surface area contributed by atoms with Gasteiger partial charge in [0.15, 0.2) is 0 Å². The molecule has 0 unspecified atom stereocenters. The zero-order valence-electron chi connectivity index (χ0n) is 8.50. The molecule has 0 aliphatic heterocycles. The summed E-state index contributed by atoms with van der Waals surface area (Å²) >= 11 is 0. The molecule has 0 bridgehead atoms. The Morgan fingerprint density at radius 1 is 1.07 bits per heavy atom. The van der Waals surface area contributed by atoms with Gasteiger partial charge in [-0.1, -0.05) is 30.3 Å². The highest BCUT2D eigenvalue weighted by atomic mass is 19.1. The second-order valence-electron chi connectivity index (χ2n) is 3.57. The monoisotopic (exact) mass is 201 g/mol. The summed E-state index contributed by atoms with van der Waals surface area (Å²) in [5.41, 5.74) is 8.50. The van der Waals surface area contributed by atoms with Crippen LogP contribution in [-0.2, 0) is 0 Å². The van der Waals surface area contributed by atoms with Crippen molar-refractivity contribution in [3.8, 4) is 11.1 Å². The van der Waals surface area contributed by atoms with Gasteiger partial charge in [-0.3, -0.25) is 0 Å². The van der Waals surface area contributed by atoms with Crippen LogP contribution in [0, 0.1) is 12.7 Å². The minimum absolute atomic E-state index is 0.215. The Labute approximate surface area is 88.4 Å². The molecule has 2 N–H and O–H groups in total. The molecule has 2 aromatic rings. The van der Waals surface area contributed by atoms with Crippen LogP contribution in [-0.4, -0.2) is 0 Å². The van der Waals surface area contributed by atoms with E-state index in [-0.39, 0.29) is 11.5 Å². The lowest BCUT2D eigenvalue weighted by molar-refractivity contribution is 0.632. The van der Waals surface area contributed by atoms with E-state index >= 15 is 0 Å². The topological polar surface area (TPSA) is 26.0 Å². The quantitative estimate of drug-likeness (QED) is 0.703. The largest absolute Gasteiger partial charge is 0.396 e. The normalized spacial score (nSPS) is 10.3. The minimum Gasteiger partial charge on any atom is -0.396 e. The maximum Gasteiger partial charge on any atom is 0.146 e. The van der Waals surface area contributed by atoms with Gasteiger partial charge < -0.3 is 5.73 Å². The van der Waals surface area contributed by atoms with Crippen LogP contribution in [0.15, 0.2) is 42.5 Å². The molecule has 0 atom stereocenters. The molecule has 0 fully saturated rings. The number of benzene rings is 2. The highest BCUT2D eigenvalue weighted by molar-refractivity contribution is 5.77. The van der Waals surface area contributed by atoms with Crippen molar-refractivity contribution in [3.63, 3.8) is 0 Å². The van der Waals surface area contributed by atoms with E-state index in [0.717, 1.165) is 16.7 Å². The van der Waals surface area contributed by atoms with Crippen molar-refractivity contribution >= 4 is 5.69 Å². The Bertz CT molecular complexity index is 477. The average molecular weight is 201 g/mol. The number of nitrogen functional groups attached to an aromatic ring is 1. The third kappa shape index (κ3) is 1.84. The van der Waals surface area contributed by atoms with Gasteiger partial charge in [-0.15, -0.1) is 0 Å². The summed E-state index contributed by atoms with van der Waals surface area (Å²) in [6, 6.07) is 12.9. The van der Waals surface area contributed by atoms with Gasteiger partial charge in [-0.25, -0.2) is 4.39 Å². The number of halogens is 1. The van der Waals surface area contributed by atoms with E-state index in [1.165, 1.54) is 6.07 Å². The summed E-state index contributed by atoms with van der Waals surface area (Å²) in [5, 5.41) is 0. The van der Waals surface area contributed by atoms with E-state index in [1.54, 1.807) is 0 Å². The smallest absolute Gasteiger partial charge is 0.146 e. The molecule has 0 aromatic heterocycles. The second kappa shape index (κ2) is 3.73. The van der Waals surface area contributed by atoms with Crippen molar-refractivity contribution in [2.45, 2.75) is 6.92 Å². The molecular weight excluding hydrogens is 189 g/mol. The molecule has 1 nitrogen and oxygen atoms in total. The van der Waals surface area contributed by atoms with Gasteiger partial charge in [-0.2, -0.15) is 0 Å². The summed E-state index contributed by atoms with van der Waals surface area (Å²) in [5.74, 6) is -0.353. The van der Waals surface area contributed by atoms with Crippen LogP contribution < -0.4 is 5.73 Å². The standard InChI is InChI=1S/C13H12FN/c1-9-7-11(13(15)12(14)8-9)10-5-3-2-4-6-10/h2-8H,15H2,1H3. The van der Waals surface area contributed by atoms with Gasteiger partial charge in [-0.05, 0) is 30.2 Å². The Hall–Kier alpha value is -1.83. The Kier molecular flexibility index (Phi) is 2.42. The van der Waals surface area contributed by atoms with Crippen LogP contribution in [0.5, 0.6) is 0 Å². The average Bonchev–Trinajstić information content (AvgIpc) is 2.24. The van der Waals surface area contributed by atoms with E-state index in [9.17, 15) is 4.39 Å². The molecule has 2 heteroatoms. The van der Waals surface area contributed by atoms with Gasteiger partial charge in [0.25, 0.3) is 0 Å². The first kappa shape index (κ1) is 9.71. The number of aryl methyl sites for hydroxylation is 1. The number of hydrogen-bond acceptors (Lipinski definition) is 1. The number of nitrogens with two attached hydrogens (primary N) is 1. The fraction of sp³-hybridized carbons (Fsp3) is 0.0769. The predicted octanol–water partition coefficient (Wildman–Crippen LogP) is 3.38. The van der Waals surface area contributed by atoms with E-state index in [4.69, 9.17) is 5.73 Å². The molecule has 0 saturated heterocycles. The molecule has 0 heterocycles. The molecular formula is C13H12FN. The van der Waals surface area contributed by atoms with E-state index in [0.29, 0.717) is 0 Å². The number of rotatable bonds is 1. The molecule has 0 aliphatic rings. The van der Waals surface area contributed by atoms with Gasteiger partial charge >= 0.3 is 0 Å². The van der Waals surface area contributed by atoms with E-state index < -0.39 is 0 Å². The van der Waals surface area contributed by atoms with Crippen molar-refractivity contribution < 1.29 is 4.39 Å². The summed E-state index contributed by atoms with van der Waals surface area (Å²) in [6.45, 7) is 1.86. The summed E-state index contributed by atoms with van der Waals surface area (Å²) < 4.78 is 13.4. The first-order valence-corrected chi connectivity index (χ1v) is 4.79. The summed E-state index contributed by atoms with van der Waals surface area (Å²) in [4.78, 5) is 0. The number of hydrogen-bond donors (Lipinski definition) is 1. The third-order valence-electron chi connectivity index (χ3n) is 2.36. The molecule has 0 saturated carbocycles. The highest BCUT2D eigenvalue weighted by Gasteiger charge is 2.07. The van der Waals surface area contributed by atoms with Crippen molar-refractivity contribution in [2.24, 2.45) is 0 Å². The molecule has 15 heavy (non-hydrogen) atoms. The van der Waals surface area contributed by atoms with E-state index in [2.05, 4.69) is 0 Å². The lowest BCUT2D eigenvalue weighted by Gasteiger charge is -2.08. The molecule has 0 spiro atoms. The van der Waals surface area contributed by atoms with Crippen LogP contribution in [0.2, 0.25) is 0 Å². The summed E-state index contributed by atoms with van der Waals surface area (Å²) in [6.07, 6.45) is 0. The van der Waals surface area contributed by atoms with Crippen LogP contribution >= 0.6 is 0 Å². The maximum atomic E-state index is 13.4. The zero-order chi connectivity index (χ0) is 10.8. The van der Waals surface area contributed by atoms with Crippen molar-refractivity contribution in [1.29, 1.82) is 0 Å². The van der Waals surface area contributed by atoms with Crippen LogP contribution in [0.4, 0.5) is 10.1 Å². The van der Waals surface area contributed by atoms with Crippen LogP contribution in [0.25, 0.3) is 11.1 Å². The molecule has 2 aromatic carbocycles. The highest BCUT2D eigenvalue weighted by Crippen LogP contribution is 2.28. The Morgan fingerprint density at radius 2 is 1.73 bits per heavy atom. The Morgan fingerprint density at radius 3 is 2.40 bits per heavy atom. The van der Waals surface area contributed by atoms with E-state index in [1.807, 2.05) is 43.3 Å². The maximum absolute atomic E-state index is 13.4. The lowest BCUT2D eigenvalue weighted by Crippen LogP contribution is -1.95. The third-order valence-corrected chi connectivity index (χ3v) is 2.36. The summed E-state index contributed by atoms with van der Waals surface area (Å²) in [7, 11) is 0. The van der Waals surface area contributed by atoms with Crippen molar-refractivity contribution in [1.82, 2.24) is 0 Å². The molecule has 0 aliphatic carbocycles. The van der Waals surface area contributed by atoms with Gasteiger partial charge in [0.1, 0.15) is 5.82 Å². The minimum atomic E-state index is -0.353. The molecule has 76 valence electrons. The van der Waals surface area contributed by atoms with Crippen molar-refractivity contribution in [3.05, 3.63) is 53.8 Å². The van der Waals surface area contributed by atoms with Gasteiger partial charge in [0.2, 0.25) is 0 Å². The molecule has 2 rings (SSSR count).